The highest BCUT2D eigenvalue weighted by atomic mass is 35.5. The fraction of sp³-hybridized carbons (Fsp3) is 0.333. The van der Waals surface area contributed by atoms with Crippen LogP contribution in [0.3, 0.4) is 0 Å². The summed E-state index contributed by atoms with van der Waals surface area (Å²) >= 11 is 6.04. The summed E-state index contributed by atoms with van der Waals surface area (Å²) in [6.07, 6.45) is 0.693. The topological polar surface area (TPSA) is 56.4 Å². The number of amides is 1. The Morgan fingerprint density at radius 3 is 2.58 bits per heavy atom. The van der Waals surface area contributed by atoms with Crippen LogP contribution in [0.2, 0.25) is 5.02 Å². The molecule has 0 spiro atoms. The van der Waals surface area contributed by atoms with Crippen LogP contribution in [-0.4, -0.2) is 42.0 Å². The molecule has 1 aromatic carbocycles. The molecule has 0 aliphatic carbocycles. The maximum absolute atomic E-state index is 12.7. The number of aromatic amines is 1. The lowest BCUT2D eigenvalue weighted by Gasteiger charge is -2.36. The van der Waals surface area contributed by atoms with Crippen LogP contribution in [0.15, 0.2) is 41.2 Å². The van der Waals surface area contributed by atoms with Gasteiger partial charge in [-0.15, -0.1) is 0 Å². The number of rotatable bonds is 3. The minimum Gasteiger partial charge on any atom is -0.368 e. The first kappa shape index (κ1) is 16.6. The van der Waals surface area contributed by atoms with E-state index in [1.54, 1.807) is 11.0 Å². The summed E-state index contributed by atoms with van der Waals surface area (Å²) < 4.78 is 0. The number of hydrogen-bond donors (Lipinski definition) is 1. The van der Waals surface area contributed by atoms with E-state index in [1.165, 1.54) is 6.07 Å². The lowest BCUT2D eigenvalue weighted by molar-refractivity contribution is 0.0746. The zero-order valence-corrected chi connectivity index (χ0v) is 14.3. The van der Waals surface area contributed by atoms with E-state index in [2.05, 4.69) is 9.88 Å². The van der Waals surface area contributed by atoms with Gasteiger partial charge in [0.2, 0.25) is 5.56 Å². The highest BCUT2D eigenvalue weighted by Gasteiger charge is 2.23. The molecule has 1 amide bonds. The molecule has 3 rings (SSSR count). The first-order chi connectivity index (χ1) is 11.6. The van der Waals surface area contributed by atoms with Crippen molar-refractivity contribution in [3.8, 4) is 0 Å². The van der Waals surface area contributed by atoms with E-state index in [9.17, 15) is 9.59 Å². The molecule has 1 saturated heterocycles. The number of aromatic nitrogens is 1. The molecule has 0 radical (unpaired) electrons. The second-order valence-electron chi connectivity index (χ2n) is 5.87. The van der Waals surface area contributed by atoms with Crippen molar-refractivity contribution in [1.82, 2.24) is 9.88 Å². The van der Waals surface area contributed by atoms with Crippen molar-refractivity contribution in [1.29, 1.82) is 0 Å². The van der Waals surface area contributed by atoms with Crippen LogP contribution in [0, 0.1) is 0 Å². The molecular weight excluding hydrogens is 326 g/mol. The molecule has 1 aromatic heterocycles. The number of hydrogen-bond acceptors (Lipinski definition) is 3. The average Bonchev–Trinajstić information content (AvgIpc) is 2.60. The third-order valence-electron chi connectivity index (χ3n) is 4.27. The zero-order valence-electron chi connectivity index (χ0n) is 13.6. The first-order valence-electron chi connectivity index (χ1n) is 8.10. The van der Waals surface area contributed by atoms with E-state index < -0.39 is 0 Å². The van der Waals surface area contributed by atoms with Crippen molar-refractivity contribution < 1.29 is 4.79 Å². The lowest BCUT2D eigenvalue weighted by Crippen LogP contribution is -2.49. The summed E-state index contributed by atoms with van der Waals surface area (Å²) in [5, 5.41) is 0.710. The molecule has 0 bridgehead atoms. The number of halogens is 1. The number of nitrogens with one attached hydrogen (secondary N) is 1. The number of pyridine rings is 1. The maximum Gasteiger partial charge on any atom is 0.254 e. The first-order valence-corrected chi connectivity index (χ1v) is 8.47. The van der Waals surface area contributed by atoms with Crippen molar-refractivity contribution in [2.24, 2.45) is 0 Å². The number of H-pyrrole nitrogens is 1. The Labute approximate surface area is 145 Å². The molecule has 0 atom stereocenters. The Balaban J connectivity index is 1.69. The average molecular weight is 346 g/mol. The smallest absolute Gasteiger partial charge is 0.254 e. The van der Waals surface area contributed by atoms with Crippen molar-refractivity contribution >= 4 is 23.2 Å². The van der Waals surface area contributed by atoms with Crippen LogP contribution in [0.1, 0.15) is 23.0 Å². The van der Waals surface area contributed by atoms with Crippen LogP contribution < -0.4 is 10.5 Å². The number of benzene rings is 1. The van der Waals surface area contributed by atoms with E-state index in [1.807, 2.05) is 31.2 Å². The van der Waals surface area contributed by atoms with Gasteiger partial charge in [-0.05, 0) is 30.7 Å². The summed E-state index contributed by atoms with van der Waals surface area (Å²) in [5.41, 5.74) is 2.09. The minimum atomic E-state index is -0.227. The molecule has 6 heteroatoms. The molecule has 1 fully saturated rings. The predicted molar refractivity (Wildman–Crippen MR) is 96.0 cm³/mol. The van der Waals surface area contributed by atoms with Crippen LogP contribution >= 0.6 is 11.6 Å². The van der Waals surface area contributed by atoms with Crippen molar-refractivity contribution in [2.75, 3.05) is 31.1 Å². The van der Waals surface area contributed by atoms with Gasteiger partial charge in [0, 0.05) is 54.2 Å². The van der Waals surface area contributed by atoms with E-state index in [0.717, 1.165) is 24.5 Å². The highest BCUT2D eigenvalue weighted by Crippen LogP contribution is 2.21. The Morgan fingerprint density at radius 2 is 1.92 bits per heavy atom. The van der Waals surface area contributed by atoms with E-state index in [4.69, 9.17) is 11.6 Å². The van der Waals surface area contributed by atoms with Gasteiger partial charge in [0.05, 0.1) is 0 Å². The molecule has 1 N–H and O–H groups in total. The Hall–Kier alpha value is -2.27. The third kappa shape index (κ3) is 3.62. The Morgan fingerprint density at radius 1 is 1.17 bits per heavy atom. The number of aryl methyl sites for hydroxylation is 1. The summed E-state index contributed by atoms with van der Waals surface area (Å²) in [7, 11) is 0. The van der Waals surface area contributed by atoms with Crippen molar-refractivity contribution in [3.63, 3.8) is 0 Å². The fourth-order valence-electron chi connectivity index (χ4n) is 2.94. The molecular formula is C18H20ClN3O2. The van der Waals surface area contributed by atoms with Crippen molar-refractivity contribution in [2.45, 2.75) is 13.3 Å². The molecule has 0 unspecified atom stereocenters. The molecule has 2 aromatic rings. The Bertz CT molecular complexity index is 795. The molecule has 1 aliphatic heterocycles. The van der Waals surface area contributed by atoms with E-state index in [-0.39, 0.29) is 11.5 Å². The monoisotopic (exact) mass is 345 g/mol. The van der Waals surface area contributed by atoms with Gasteiger partial charge in [0.15, 0.2) is 0 Å². The summed E-state index contributed by atoms with van der Waals surface area (Å²) in [6, 6.07) is 10.9. The van der Waals surface area contributed by atoms with Gasteiger partial charge < -0.3 is 14.8 Å². The molecule has 5 nitrogen and oxygen atoms in total. The van der Waals surface area contributed by atoms with Crippen LogP contribution in [-0.2, 0) is 6.42 Å². The number of carbonyl (C=O) groups excluding carboxylic acids is 1. The lowest BCUT2D eigenvalue weighted by atomic mass is 10.1. The molecule has 24 heavy (non-hydrogen) atoms. The van der Waals surface area contributed by atoms with Gasteiger partial charge in [0.25, 0.3) is 5.91 Å². The van der Waals surface area contributed by atoms with Crippen LogP contribution in [0.5, 0.6) is 0 Å². The standard InChI is InChI=1S/C18H20ClN3O2/c1-2-15-10-13(11-17(23)20-15)18(24)22-8-6-21(7-9-22)16-5-3-4-14(19)12-16/h3-5,10-12H,2,6-9H2,1H3,(H,20,23). The third-order valence-corrected chi connectivity index (χ3v) is 4.50. The molecule has 0 saturated carbocycles. The fourth-order valence-corrected chi connectivity index (χ4v) is 3.12. The molecule has 2 heterocycles. The van der Waals surface area contributed by atoms with Gasteiger partial charge in [-0.2, -0.15) is 0 Å². The van der Waals surface area contributed by atoms with Crippen molar-refractivity contribution in [3.05, 3.63) is 63.0 Å². The number of anilines is 1. The summed E-state index contributed by atoms with van der Waals surface area (Å²) in [4.78, 5) is 31.1. The molecule has 1 aliphatic rings. The summed E-state index contributed by atoms with van der Waals surface area (Å²) in [5.74, 6) is -0.0819. The van der Waals surface area contributed by atoms with Crippen LogP contribution in [0.4, 0.5) is 5.69 Å². The van der Waals surface area contributed by atoms with E-state index in [0.29, 0.717) is 30.1 Å². The number of carbonyl (C=O) groups is 1. The van der Waals surface area contributed by atoms with Gasteiger partial charge in [-0.1, -0.05) is 24.6 Å². The SMILES string of the molecule is CCc1cc(C(=O)N2CCN(c3cccc(Cl)c3)CC2)cc(=O)[nH]1. The molecule has 126 valence electrons. The highest BCUT2D eigenvalue weighted by molar-refractivity contribution is 6.30. The van der Waals surface area contributed by atoms with E-state index >= 15 is 0 Å². The zero-order chi connectivity index (χ0) is 17.1. The quantitative estimate of drug-likeness (QED) is 0.930. The Kier molecular flexibility index (Phi) is 4.90. The van der Waals surface area contributed by atoms with Gasteiger partial charge in [0.1, 0.15) is 0 Å². The number of nitrogens with zero attached hydrogens (tertiary/aromatic N) is 2. The summed E-state index contributed by atoms with van der Waals surface area (Å²) in [6.45, 7) is 4.69. The van der Waals surface area contributed by atoms with Crippen LogP contribution in [0.25, 0.3) is 0 Å². The largest absolute Gasteiger partial charge is 0.368 e. The second kappa shape index (κ2) is 7.09. The van der Waals surface area contributed by atoms with Gasteiger partial charge >= 0.3 is 0 Å². The predicted octanol–water partition coefficient (Wildman–Crippen LogP) is 2.55. The van der Waals surface area contributed by atoms with Gasteiger partial charge in [-0.3, -0.25) is 9.59 Å². The maximum atomic E-state index is 12.7. The second-order valence-corrected chi connectivity index (χ2v) is 6.31. The normalized spacial score (nSPS) is 14.8. The minimum absolute atomic E-state index is 0.0819. The van der Waals surface area contributed by atoms with Gasteiger partial charge in [-0.25, -0.2) is 0 Å². The number of piperazine rings is 1.